The van der Waals surface area contributed by atoms with Crippen LogP contribution >= 0.6 is 0 Å². The highest BCUT2D eigenvalue weighted by Gasteiger charge is 2.36. The summed E-state index contributed by atoms with van der Waals surface area (Å²) in [5.41, 5.74) is 11.2. The first-order valence-corrected chi connectivity index (χ1v) is 13.2. The van der Waals surface area contributed by atoms with Gasteiger partial charge in [0.1, 0.15) is 5.82 Å². The Morgan fingerprint density at radius 3 is 2.18 bits per heavy atom. The molecule has 8 rings (SSSR count). The monoisotopic (exact) mass is 486 g/mol. The molecule has 7 aromatic rings. The van der Waals surface area contributed by atoms with E-state index < -0.39 is 0 Å². The molecule has 2 nitrogen and oxygen atoms in total. The SMILES string of the molecule is CC1(C)c2ccccc2-c2cc3c(cc21)c1ccccc1n3-c1ccc2c(-c3ccccc3)cccc2n1. The molecule has 5 aromatic carbocycles. The van der Waals surface area contributed by atoms with Gasteiger partial charge in [-0.05, 0) is 69.8 Å². The molecule has 0 N–H and O–H groups in total. The Bertz CT molecular complexity index is 2040. The van der Waals surface area contributed by atoms with Crippen molar-refractivity contribution in [3.63, 3.8) is 0 Å². The molecule has 0 atom stereocenters. The maximum absolute atomic E-state index is 5.23. The number of pyridine rings is 1. The van der Waals surface area contributed by atoms with Crippen molar-refractivity contribution in [1.29, 1.82) is 0 Å². The minimum Gasteiger partial charge on any atom is -0.294 e. The normalized spacial score (nSPS) is 13.7. The molecule has 0 saturated carbocycles. The van der Waals surface area contributed by atoms with Crippen LogP contribution in [0.4, 0.5) is 0 Å². The van der Waals surface area contributed by atoms with Crippen molar-refractivity contribution in [2.45, 2.75) is 19.3 Å². The van der Waals surface area contributed by atoms with Crippen LogP contribution < -0.4 is 0 Å². The van der Waals surface area contributed by atoms with E-state index in [1.807, 2.05) is 0 Å². The summed E-state index contributed by atoms with van der Waals surface area (Å²) in [7, 11) is 0. The van der Waals surface area contributed by atoms with E-state index in [1.54, 1.807) is 0 Å². The van der Waals surface area contributed by atoms with Crippen LogP contribution in [0.5, 0.6) is 0 Å². The molecule has 0 unspecified atom stereocenters. The first-order valence-electron chi connectivity index (χ1n) is 13.2. The smallest absolute Gasteiger partial charge is 0.138 e. The first-order chi connectivity index (χ1) is 18.6. The highest BCUT2D eigenvalue weighted by molar-refractivity contribution is 6.11. The number of hydrogen-bond donors (Lipinski definition) is 0. The van der Waals surface area contributed by atoms with Crippen LogP contribution in [0, 0.1) is 0 Å². The third-order valence-electron chi connectivity index (χ3n) is 8.41. The lowest BCUT2D eigenvalue weighted by molar-refractivity contribution is 0.661. The standard InChI is InChI=1S/C36H26N2/c1-36(2)30-16-8-6-13-25(30)28-22-34-29(21-31(28)36)27-14-7-9-18-33(27)38(34)35-20-19-26-24(15-10-17-32(26)37-35)23-11-4-3-5-12-23/h3-22H,1-2H3. The van der Waals surface area contributed by atoms with Gasteiger partial charge < -0.3 is 0 Å². The predicted octanol–water partition coefficient (Wildman–Crippen LogP) is 9.31. The average molecular weight is 487 g/mol. The van der Waals surface area contributed by atoms with Gasteiger partial charge >= 0.3 is 0 Å². The van der Waals surface area contributed by atoms with Crippen LogP contribution in [0.3, 0.4) is 0 Å². The minimum absolute atomic E-state index is 0.0294. The first kappa shape index (κ1) is 21.4. The van der Waals surface area contributed by atoms with Gasteiger partial charge in [0.25, 0.3) is 0 Å². The molecule has 0 amide bonds. The Hall–Kier alpha value is -4.69. The molecule has 1 aliphatic carbocycles. The molecule has 0 saturated heterocycles. The maximum atomic E-state index is 5.23. The second kappa shape index (κ2) is 7.66. The molecule has 180 valence electrons. The number of aromatic nitrogens is 2. The summed E-state index contributed by atoms with van der Waals surface area (Å²) in [6.07, 6.45) is 0. The predicted molar refractivity (Wildman–Crippen MR) is 159 cm³/mol. The van der Waals surface area contributed by atoms with Gasteiger partial charge in [-0.3, -0.25) is 4.57 Å². The Balaban J connectivity index is 1.42. The highest BCUT2D eigenvalue weighted by atomic mass is 15.1. The van der Waals surface area contributed by atoms with Crippen LogP contribution in [0.1, 0.15) is 25.0 Å². The molecule has 0 fully saturated rings. The van der Waals surface area contributed by atoms with Crippen molar-refractivity contribution in [2.24, 2.45) is 0 Å². The van der Waals surface area contributed by atoms with Gasteiger partial charge in [-0.1, -0.05) is 98.8 Å². The summed E-state index contributed by atoms with van der Waals surface area (Å²) < 4.78 is 2.34. The van der Waals surface area contributed by atoms with E-state index >= 15 is 0 Å². The minimum atomic E-state index is -0.0294. The van der Waals surface area contributed by atoms with Gasteiger partial charge in [-0.15, -0.1) is 0 Å². The Morgan fingerprint density at radius 1 is 0.526 bits per heavy atom. The van der Waals surface area contributed by atoms with Gasteiger partial charge in [0.15, 0.2) is 0 Å². The zero-order valence-corrected chi connectivity index (χ0v) is 21.4. The van der Waals surface area contributed by atoms with Gasteiger partial charge in [0, 0.05) is 21.6 Å². The Morgan fingerprint density at radius 2 is 1.29 bits per heavy atom. The fourth-order valence-corrected chi connectivity index (χ4v) is 6.55. The number of benzene rings is 5. The molecule has 38 heavy (non-hydrogen) atoms. The maximum Gasteiger partial charge on any atom is 0.138 e. The lowest BCUT2D eigenvalue weighted by Gasteiger charge is -2.21. The fraction of sp³-hybridized carbons (Fsp3) is 0.0833. The van der Waals surface area contributed by atoms with E-state index in [4.69, 9.17) is 4.98 Å². The number of rotatable bonds is 2. The molecular formula is C36H26N2. The van der Waals surface area contributed by atoms with Crippen LogP contribution in [-0.2, 0) is 5.41 Å². The second-order valence-electron chi connectivity index (χ2n) is 10.8. The third kappa shape index (κ3) is 2.86. The summed E-state index contributed by atoms with van der Waals surface area (Å²) in [4.78, 5) is 5.23. The van der Waals surface area contributed by atoms with Crippen LogP contribution in [-0.4, -0.2) is 9.55 Å². The molecule has 0 aliphatic heterocycles. The lowest BCUT2D eigenvalue weighted by atomic mass is 9.82. The number of fused-ring (bicyclic) bond motifs is 7. The summed E-state index contributed by atoms with van der Waals surface area (Å²) in [5, 5.41) is 3.71. The molecule has 2 aromatic heterocycles. The molecule has 2 heterocycles. The van der Waals surface area contributed by atoms with E-state index in [9.17, 15) is 0 Å². The second-order valence-corrected chi connectivity index (χ2v) is 10.8. The number of nitrogens with zero attached hydrogens (tertiary/aromatic N) is 2. The topological polar surface area (TPSA) is 17.8 Å². The zero-order chi connectivity index (χ0) is 25.4. The summed E-state index contributed by atoms with van der Waals surface area (Å²) in [6.45, 7) is 4.69. The summed E-state index contributed by atoms with van der Waals surface area (Å²) in [6, 6.07) is 43.8. The van der Waals surface area contributed by atoms with Crippen molar-refractivity contribution in [3.8, 4) is 28.1 Å². The molecular weight excluding hydrogens is 460 g/mol. The van der Waals surface area contributed by atoms with Gasteiger partial charge in [-0.25, -0.2) is 4.98 Å². The van der Waals surface area contributed by atoms with Crippen molar-refractivity contribution in [2.75, 3.05) is 0 Å². The van der Waals surface area contributed by atoms with Crippen LogP contribution in [0.15, 0.2) is 121 Å². The van der Waals surface area contributed by atoms with E-state index in [0.29, 0.717) is 0 Å². The van der Waals surface area contributed by atoms with Crippen LogP contribution in [0.25, 0.3) is 60.8 Å². The highest BCUT2D eigenvalue weighted by Crippen LogP contribution is 2.50. The Labute approximate surface area is 221 Å². The van der Waals surface area contributed by atoms with E-state index in [0.717, 1.165) is 11.3 Å². The number of hydrogen-bond acceptors (Lipinski definition) is 1. The van der Waals surface area contributed by atoms with Gasteiger partial charge in [-0.2, -0.15) is 0 Å². The van der Waals surface area contributed by atoms with Gasteiger partial charge in [0.05, 0.1) is 16.6 Å². The third-order valence-corrected chi connectivity index (χ3v) is 8.41. The largest absolute Gasteiger partial charge is 0.294 e. The molecule has 0 radical (unpaired) electrons. The van der Waals surface area contributed by atoms with Crippen molar-refractivity contribution >= 4 is 32.7 Å². The van der Waals surface area contributed by atoms with Crippen molar-refractivity contribution in [1.82, 2.24) is 9.55 Å². The van der Waals surface area contributed by atoms with Crippen molar-refractivity contribution in [3.05, 3.63) is 132 Å². The van der Waals surface area contributed by atoms with E-state index in [1.165, 1.54) is 60.6 Å². The quantitative estimate of drug-likeness (QED) is 0.238. The van der Waals surface area contributed by atoms with Gasteiger partial charge in [0.2, 0.25) is 0 Å². The van der Waals surface area contributed by atoms with Crippen LogP contribution in [0.2, 0.25) is 0 Å². The number of para-hydroxylation sites is 1. The zero-order valence-electron chi connectivity index (χ0n) is 21.4. The Kier molecular flexibility index (Phi) is 4.31. The summed E-state index contributed by atoms with van der Waals surface area (Å²) >= 11 is 0. The summed E-state index contributed by atoms with van der Waals surface area (Å²) in [5.74, 6) is 0.944. The molecule has 0 spiro atoms. The molecule has 1 aliphatic rings. The molecule has 2 heteroatoms. The average Bonchev–Trinajstić information content (AvgIpc) is 3.40. The molecule has 0 bridgehead atoms. The lowest BCUT2D eigenvalue weighted by Crippen LogP contribution is -2.14. The van der Waals surface area contributed by atoms with Crippen molar-refractivity contribution < 1.29 is 0 Å². The van der Waals surface area contributed by atoms with E-state index in [2.05, 4.69) is 140 Å². The van der Waals surface area contributed by atoms with E-state index in [-0.39, 0.29) is 5.41 Å². The fourth-order valence-electron chi connectivity index (χ4n) is 6.55.